The van der Waals surface area contributed by atoms with E-state index in [1.54, 1.807) is 0 Å². The Kier molecular flexibility index (Phi) is 3.69. The van der Waals surface area contributed by atoms with E-state index in [1.807, 2.05) is 32.9 Å². The third-order valence-electron chi connectivity index (χ3n) is 2.95. The number of aryl methyl sites for hydroxylation is 1. The Morgan fingerprint density at radius 1 is 1.32 bits per heavy atom. The third kappa shape index (κ3) is 2.84. The first kappa shape index (κ1) is 13.3. The molecule has 1 aromatic carbocycles. The minimum absolute atomic E-state index is 0.0198. The lowest BCUT2D eigenvalue weighted by molar-refractivity contribution is 0.416. The molecule has 2 rings (SSSR count). The van der Waals surface area contributed by atoms with E-state index in [1.165, 1.54) is 18.3 Å². The largest absolute Gasteiger partial charge is 0.436 e. The fourth-order valence-electron chi connectivity index (χ4n) is 1.81. The van der Waals surface area contributed by atoms with E-state index in [2.05, 4.69) is 4.98 Å². The van der Waals surface area contributed by atoms with E-state index in [0.29, 0.717) is 11.4 Å². The van der Waals surface area contributed by atoms with E-state index in [4.69, 9.17) is 10.5 Å². The lowest BCUT2D eigenvalue weighted by atomic mass is 9.99. The molecule has 2 aromatic rings. The van der Waals surface area contributed by atoms with Crippen molar-refractivity contribution in [3.05, 3.63) is 47.4 Å². The van der Waals surface area contributed by atoms with Gasteiger partial charge in [-0.3, -0.25) is 0 Å². The second-order valence-corrected chi connectivity index (χ2v) is 4.79. The van der Waals surface area contributed by atoms with Gasteiger partial charge in [-0.1, -0.05) is 13.8 Å². The number of anilines is 1. The van der Waals surface area contributed by atoms with Gasteiger partial charge in [0.05, 0.1) is 0 Å². The van der Waals surface area contributed by atoms with Gasteiger partial charge in [0.15, 0.2) is 5.82 Å². The Balaban J connectivity index is 2.45. The number of nitrogen functional groups attached to an aromatic ring is 1. The van der Waals surface area contributed by atoms with Gasteiger partial charge in [-0.25, -0.2) is 9.37 Å². The zero-order valence-electron chi connectivity index (χ0n) is 11.3. The summed E-state index contributed by atoms with van der Waals surface area (Å²) in [5, 5.41) is 0. The molecular weight excluding hydrogens is 243 g/mol. The first-order chi connectivity index (χ1) is 8.99. The highest BCUT2D eigenvalue weighted by Crippen LogP contribution is 2.34. The summed E-state index contributed by atoms with van der Waals surface area (Å²) < 4.78 is 19.2. The van der Waals surface area contributed by atoms with Crippen LogP contribution in [-0.2, 0) is 0 Å². The summed E-state index contributed by atoms with van der Waals surface area (Å²) in [6.45, 7) is 5.96. The van der Waals surface area contributed by atoms with Gasteiger partial charge in [-0.15, -0.1) is 0 Å². The zero-order chi connectivity index (χ0) is 14.0. The summed E-state index contributed by atoms with van der Waals surface area (Å²) in [5.41, 5.74) is 8.45. The number of ether oxygens (including phenoxy) is 1. The Morgan fingerprint density at radius 2 is 2.05 bits per heavy atom. The number of hydrogen-bond acceptors (Lipinski definition) is 3. The molecule has 2 N–H and O–H groups in total. The van der Waals surface area contributed by atoms with Crippen molar-refractivity contribution in [2.45, 2.75) is 26.7 Å². The fourth-order valence-corrected chi connectivity index (χ4v) is 1.81. The van der Waals surface area contributed by atoms with Crippen molar-refractivity contribution >= 4 is 5.69 Å². The normalized spacial score (nSPS) is 10.8. The molecule has 0 aliphatic heterocycles. The van der Waals surface area contributed by atoms with Crippen molar-refractivity contribution in [3.8, 4) is 11.6 Å². The number of pyridine rings is 1. The van der Waals surface area contributed by atoms with Gasteiger partial charge in [0, 0.05) is 11.9 Å². The molecule has 0 aliphatic carbocycles. The van der Waals surface area contributed by atoms with E-state index in [9.17, 15) is 4.39 Å². The van der Waals surface area contributed by atoms with E-state index in [0.717, 1.165) is 11.1 Å². The van der Waals surface area contributed by atoms with Crippen molar-refractivity contribution < 1.29 is 9.13 Å². The van der Waals surface area contributed by atoms with Gasteiger partial charge >= 0.3 is 0 Å². The van der Waals surface area contributed by atoms with Crippen LogP contribution in [0, 0.1) is 12.7 Å². The van der Waals surface area contributed by atoms with Gasteiger partial charge in [0.25, 0.3) is 5.88 Å². The molecule has 0 fully saturated rings. The Morgan fingerprint density at radius 3 is 2.68 bits per heavy atom. The maximum atomic E-state index is 13.6. The second kappa shape index (κ2) is 5.26. The van der Waals surface area contributed by atoms with Crippen LogP contribution in [0.1, 0.15) is 30.9 Å². The van der Waals surface area contributed by atoms with Crippen LogP contribution >= 0.6 is 0 Å². The standard InChI is InChI=1S/C15H17FN2O/c1-9(2)11-8-13(17)10(3)7-14(11)19-15-12(16)5-4-6-18-15/h4-9H,17H2,1-3H3. The monoisotopic (exact) mass is 260 g/mol. The predicted molar refractivity (Wildman–Crippen MR) is 73.9 cm³/mol. The van der Waals surface area contributed by atoms with Gasteiger partial charge < -0.3 is 10.5 Å². The lowest BCUT2D eigenvalue weighted by Gasteiger charge is -2.15. The van der Waals surface area contributed by atoms with E-state index >= 15 is 0 Å². The lowest BCUT2D eigenvalue weighted by Crippen LogP contribution is -2.00. The Labute approximate surface area is 112 Å². The Bertz CT molecular complexity index is 597. The summed E-state index contributed by atoms with van der Waals surface area (Å²) in [4.78, 5) is 3.90. The fraction of sp³-hybridized carbons (Fsp3) is 0.267. The number of benzene rings is 1. The molecule has 100 valence electrons. The molecule has 0 bridgehead atoms. The highest BCUT2D eigenvalue weighted by molar-refractivity contribution is 5.55. The number of rotatable bonds is 3. The minimum atomic E-state index is -0.480. The number of nitrogens with two attached hydrogens (primary N) is 1. The molecule has 0 saturated heterocycles. The van der Waals surface area contributed by atoms with Crippen molar-refractivity contribution in [2.24, 2.45) is 0 Å². The topological polar surface area (TPSA) is 48.1 Å². The summed E-state index contributed by atoms with van der Waals surface area (Å²) in [7, 11) is 0. The van der Waals surface area contributed by atoms with Crippen LogP contribution in [0.4, 0.5) is 10.1 Å². The molecule has 0 atom stereocenters. The average molecular weight is 260 g/mol. The first-order valence-electron chi connectivity index (χ1n) is 6.17. The van der Waals surface area contributed by atoms with Crippen molar-refractivity contribution in [3.63, 3.8) is 0 Å². The highest BCUT2D eigenvalue weighted by Gasteiger charge is 2.13. The molecule has 0 spiro atoms. The molecule has 19 heavy (non-hydrogen) atoms. The maximum absolute atomic E-state index is 13.6. The quantitative estimate of drug-likeness (QED) is 0.848. The maximum Gasteiger partial charge on any atom is 0.255 e. The van der Waals surface area contributed by atoms with Gasteiger partial charge in [0.2, 0.25) is 0 Å². The van der Waals surface area contributed by atoms with E-state index in [-0.39, 0.29) is 11.8 Å². The minimum Gasteiger partial charge on any atom is -0.436 e. The van der Waals surface area contributed by atoms with Crippen LogP contribution in [0.3, 0.4) is 0 Å². The van der Waals surface area contributed by atoms with Crippen molar-refractivity contribution in [1.29, 1.82) is 0 Å². The molecule has 1 aromatic heterocycles. The molecule has 3 nitrogen and oxygen atoms in total. The highest BCUT2D eigenvalue weighted by atomic mass is 19.1. The number of halogens is 1. The average Bonchev–Trinajstić information content (AvgIpc) is 2.36. The number of aromatic nitrogens is 1. The van der Waals surface area contributed by atoms with Gasteiger partial charge in [-0.2, -0.15) is 0 Å². The summed E-state index contributed by atoms with van der Waals surface area (Å²) in [6, 6.07) is 6.54. The molecule has 0 amide bonds. The summed E-state index contributed by atoms with van der Waals surface area (Å²) in [6.07, 6.45) is 1.50. The van der Waals surface area contributed by atoms with E-state index < -0.39 is 5.82 Å². The predicted octanol–water partition coefficient (Wildman–Crippen LogP) is 4.03. The molecule has 0 aliphatic rings. The molecule has 4 heteroatoms. The number of hydrogen-bond donors (Lipinski definition) is 1. The van der Waals surface area contributed by atoms with Crippen LogP contribution in [0.25, 0.3) is 0 Å². The zero-order valence-corrected chi connectivity index (χ0v) is 11.3. The van der Waals surface area contributed by atoms with Crippen LogP contribution < -0.4 is 10.5 Å². The van der Waals surface area contributed by atoms with Gasteiger partial charge in [-0.05, 0) is 48.2 Å². The molecule has 1 heterocycles. The van der Waals surface area contributed by atoms with Crippen LogP contribution in [0.5, 0.6) is 11.6 Å². The smallest absolute Gasteiger partial charge is 0.255 e. The van der Waals surface area contributed by atoms with Crippen LogP contribution in [0.2, 0.25) is 0 Å². The summed E-state index contributed by atoms with van der Waals surface area (Å²) >= 11 is 0. The third-order valence-corrected chi connectivity index (χ3v) is 2.95. The van der Waals surface area contributed by atoms with Crippen LogP contribution in [0.15, 0.2) is 30.5 Å². The Hall–Kier alpha value is -2.10. The number of nitrogens with zero attached hydrogens (tertiary/aromatic N) is 1. The van der Waals surface area contributed by atoms with Crippen LogP contribution in [-0.4, -0.2) is 4.98 Å². The molecule has 0 radical (unpaired) electrons. The molecule has 0 saturated carbocycles. The molecule has 0 unspecified atom stereocenters. The first-order valence-corrected chi connectivity index (χ1v) is 6.17. The van der Waals surface area contributed by atoms with Gasteiger partial charge in [0.1, 0.15) is 5.75 Å². The second-order valence-electron chi connectivity index (χ2n) is 4.79. The summed E-state index contributed by atoms with van der Waals surface area (Å²) in [5.74, 6) is 0.323. The van der Waals surface area contributed by atoms with Crippen molar-refractivity contribution in [1.82, 2.24) is 4.98 Å². The molecular formula is C15H17FN2O. The SMILES string of the molecule is Cc1cc(Oc2ncccc2F)c(C(C)C)cc1N. The van der Waals surface area contributed by atoms with Crippen molar-refractivity contribution in [2.75, 3.05) is 5.73 Å².